The van der Waals surface area contributed by atoms with Crippen LogP contribution < -0.4 is 10.6 Å². The Morgan fingerprint density at radius 1 is 1.08 bits per heavy atom. The van der Waals surface area contributed by atoms with Crippen LogP contribution in [0.3, 0.4) is 0 Å². The SMILES string of the molecule is O=C(NC1CCCCC1)c1cc(Nc2c(Cl)cccc2Cl)ncn1. The van der Waals surface area contributed by atoms with Gasteiger partial charge in [0.2, 0.25) is 0 Å². The van der Waals surface area contributed by atoms with Gasteiger partial charge in [0.05, 0.1) is 15.7 Å². The highest BCUT2D eigenvalue weighted by Crippen LogP contribution is 2.32. The molecule has 0 bridgehead atoms. The molecule has 1 fully saturated rings. The second kappa shape index (κ2) is 7.81. The smallest absolute Gasteiger partial charge is 0.270 e. The maximum Gasteiger partial charge on any atom is 0.270 e. The second-order valence-corrected chi connectivity index (χ2v) is 6.63. The summed E-state index contributed by atoms with van der Waals surface area (Å²) >= 11 is 12.3. The summed E-state index contributed by atoms with van der Waals surface area (Å²) in [5, 5.41) is 7.05. The molecule has 5 nitrogen and oxygen atoms in total. The number of nitrogens with one attached hydrogen (secondary N) is 2. The van der Waals surface area contributed by atoms with E-state index in [1.807, 2.05) is 0 Å². The molecule has 1 aromatic heterocycles. The lowest BCUT2D eigenvalue weighted by molar-refractivity contribution is 0.0922. The first-order valence-electron chi connectivity index (χ1n) is 7.97. The number of para-hydroxylation sites is 1. The van der Waals surface area contributed by atoms with Crippen molar-refractivity contribution in [2.45, 2.75) is 38.1 Å². The highest BCUT2D eigenvalue weighted by atomic mass is 35.5. The first-order chi connectivity index (χ1) is 11.6. The Balaban J connectivity index is 1.73. The van der Waals surface area contributed by atoms with Crippen molar-refractivity contribution in [1.29, 1.82) is 0 Å². The van der Waals surface area contributed by atoms with Gasteiger partial charge in [0.1, 0.15) is 17.8 Å². The molecule has 2 N–H and O–H groups in total. The van der Waals surface area contributed by atoms with Crippen molar-refractivity contribution < 1.29 is 4.79 Å². The molecule has 0 aliphatic heterocycles. The van der Waals surface area contributed by atoms with Crippen LogP contribution in [0.1, 0.15) is 42.6 Å². The van der Waals surface area contributed by atoms with Crippen LogP contribution in [-0.2, 0) is 0 Å². The lowest BCUT2D eigenvalue weighted by Crippen LogP contribution is -2.36. The number of rotatable bonds is 4. The molecule has 2 aromatic rings. The average molecular weight is 365 g/mol. The van der Waals surface area contributed by atoms with Gasteiger partial charge in [-0.25, -0.2) is 9.97 Å². The van der Waals surface area contributed by atoms with Gasteiger partial charge in [-0.05, 0) is 25.0 Å². The zero-order valence-corrected chi connectivity index (χ0v) is 14.6. The quantitative estimate of drug-likeness (QED) is 0.832. The van der Waals surface area contributed by atoms with Gasteiger partial charge in [0, 0.05) is 12.1 Å². The Morgan fingerprint density at radius 2 is 1.79 bits per heavy atom. The Bertz CT molecular complexity index is 712. The van der Waals surface area contributed by atoms with Crippen LogP contribution in [0.4, 0.5) is 11.5 Å². The third-order valence-corrected chi connectivity index (χ3v) is 4.69. The summed E-state index contributed by atoms with van der Waals surface area (Å²) in [6, 6.07) is 7.05. The lowest BCUT2D eigenvalue weighted by atomic mass is 9.95. The van der Waals surface area contributed by atoms with Gasteiger partial charge in [-0.1, -0.05) is 48.5 Å². The Morgan fingerprint density at radius 3 is 2.50 bits per heavy atom. The van der Waals surface area contributed by atoms with E-state index in [4.69, 9.17) is 23.2 Å². The molecule has 7 heteroatoms. The number of hydrogen-bond acceptors (Lipinski definition) is 4. The van der Waals surface area contributed by atoms with Crippen molar-refractivity contribution >= 4 is 40.6 Å². The third kappa shape index (κ3) is 4.16. The van der Waals surface area contributed by atoms with Gasteiger partial charge in [-0.15, -0.1) is 0 Å². The molecule has 1 aliphatic rings. The molecule has 0 saturated heterocycles. The minimum absolute atomic E-state index is 0.183. The fraction of sp³-hybridized carbons (Fsp3) is 0.353. The third-order valence-electron chi connectivity index (χ3n) is 4.06. The van der Waals surface area contributed by atoms with Crippen molar-refractivity contribution in [3.63, 3.8) is 0 Å². The molecule has 1 aliphatic carbocycles. The largest absolute Gasteiger partial charge is 0.348 e. The van der Waals surface area contributed by atoms with Gasteiger partial charge in [0.25, 0.3) is 5.91 Å². The topological polar surface area (TPSA) is 66.9 Å². The molecule has 3 rings (SSSR count). The Kier molecular flexibility index (Phi) is 5.53. The van der Waals surface area contributed by atoms with E-state index in [0.29, 0.717) is 27.2 Å². The summed E-state index contributed by atoms with van der Waals surface area (Å²) < 4.78 is 0. The number of anilines is 2. The minimum Gasteiger partial charge on any atom is -0.348 e. The predicted molar refractivity (Wildman–Crippen MR) is 96.1 cm³/mol. The molecule has 24 heavy (non-hydrogen) atoms. The molecule has 0 radical (unpaired) electrons. The van der Waals surface area contributed by atoms with Crippen LogP contribution in [0.2, 0.25) is 10.0 Å². The van der Waals surface area contributed by atoms with E-state index >= 15 is 0 Å². The van der Waals surface area contributed by atoms with E-state index < -0.39 is 0 Å². The van der Waals surface area contributed by atoms with E-state index in [0.717, 1.165) is 25.7 Å². The number of benzene rings is 1. The van der Waals surface area contributed by atoms with Crippen LogP contribution in [0, 0.1) is 0 Å². The van der Waals surface area contributed by atoms with E-state index in [1.165, 1.54) is 12.7 Å². The first-order valence-corrected chi connectivity index (χ1v) is 8.73. The van der Waals surface area contributed by atoms with Crippen molar-refractivity contribution in [2.75, 3.05) is 5.32 Å². The Labute approximate surface area is 150 Å². The summed E-state index contributed by atoms with van der Waals surface area (Å²) in [5.74, 6) is 0.284. The van der Waals surface area contributed by atoms with Gasteiger partial charge >= 0.3 is 0 Å². The minimum atomic E-state index is -0.183. The number of amides is 1. The monoisotopic (exact) mass is 364 g/mol. The molecule has 1 amide bonds. The van der Waals surface area contributed by atoms with Gasteiger partial charge in [-0.2, -0.15) is 0 Å². The zero-order chi connectivity index (χ0) is 16.9. The molecule has 0 atom stereocenters. The molecule has 1 saturated carbocycles. The molecular weight excluding hydrogens is 347 g/mol. The van der Waals surface area contributed by atoms with Crippen molar-refractivity contribution in [3.05, 3.63) is 46.3 Å². The number of carbonyl (C=O) groups excluding carboxylic acids is 1. The van der Waals surface area contributed by atoms with E-state index in [2.05, 4.69) is 20.6 Å². The van der Waals surface area contributed by atoms with Crippen LogP contribution >= 0.6 is 23.2 Å². The maximum absolute atomic E-state index is 12.4. The summed E-state index contributed by atoms with van der Waals surface area (Å²) in [5.41, 5.74) is 0.874. The molecule has 1 heterocycles. The number of aromatic nitrogens is 2. The fourth-order valence-electron chi connectivity index (χ4n) is 2.80. The average Bonchev–Trinajstić information content (AvgIpc) is 2.59. The van der Waals surface area contributed by atoms with E-state index in [1.54, 1.807) is 24.3 Å². The van der Waals surface area contributed by atoms with Gasteiger partial charge < -0.3 is 10.6 Å². The second-order valence-electron chi connectivity index (χ2n) is 5.82. The molecule has 0 spiro atoms. The Hall–Kier alpha value is -1.85. The molecular formula is C17H18Cl2N4O. The van der Waals surface area contributed by atoms with Gasteiger partial charge in [0.15, 0.2) is 0 Å². The standard InChI is InChI=1S/C17H18Cl2N4O/c18-12-7-4-8-13(19)16(12)23-15-9-14(20-10-21-15)17(24)22-11-5-2-1-3-6-11/h4,7-11H,1-3,5-6H2,(H,22,24)(H,20,21,23). The normalized spacial score (nSPS) is 15.1. The summed E-state index contributed by atoms with van der Waals surface area (Å²) in [7, 11) is 0. The van der Waals surface area contributed by atoms with Gasteiger partial charge in [-0.3, -0.25) is 4.79 Å². The number of halogens is 2. The van der Waals surface area contributed by atoms with Crippen LogP contribution in [0.5, 0.6) is 0 Å². The number of hydrogen-bond donors (Lipinski definition) is 2. The summed E-state index contributed by atoms with van der Waals surface area (Å²) in [6.45, 7) is 0. The summed E-state index contributed by atoms with van der Waals surface area (Å²) in [4.78, 5) is 20.6. The van der Waals surface area contributed by atoms with Crippen molar-refractivity contribution in [2.24, 2.45) is 0 Å². The van der Waals surface area contributed by atoms with Crippen LogP contribution in [-0.4, -0.2) is 21.9 Å². The van der Waals surface area contributed by atoms with Crippen LogP contribution in [0.15, 0.2) is 30.6 Å². The van der Waals surface area contributed by atoms with E-state index in [-0.39, 0.29) is 11.9 Å². The maximum atomic E-state index is 12.4. The fourth-order valence-corrected chi connectivity index (χ4v) is 3.29. The molecule has 126 valence electrons. The van der Waals surface area contributed by atoms with Crippen molar-refractivity contribution in [3.8, 4) is 0 Å². The summed E-state index contributed by atoms with van der Waals surface area (Å²) in [6.07, 6.45) is 6.96. The first kappa shape index (κ1) is 17.0. The highest BCUT2D eigenvalue weighted by Gasteiger charge is 2.18. The highest BCUT2D eigenvalue weighted by molar-refractivity contribution is 6.39. The van der Waals surface area contributed by atoms with Crippen LogP contribution in [0.25, 0.3) is 0 Å². The number of carbonyl (C=O) groups is 1. The number of nitrogens with zero attached hydrogens (tertiary/aromatic N) is 2. The molecule has 0 unspecified atom stereocenters. The van der Waals surface area contributed by atoms with E-state index in [9.17, 15) is 4.79 Å². The predicted octanol–water partition coefficient (Wildman–Crippen LogP) is 4.59. The lowest BCUT2D eigenvalue weighted by Gasteiger charge is -2.22. The van der Waals surface area contributed by atoms with Crippen molar-refractivity contribution in [1.82, 2.24) is 15.3 Å². The molecule has 1 aromatic carbocycles. The zero-order valence-electron chi connectivity index (χ0n) is 13.1.